The van der Waals surface area contributed by atoms with Gasteiger partial charge in [0.1, 0.15) is 5.75 Å². The van der Waals surface area contributed by atoms with Gasteiger partial charge in [-0.05, 0) is 47.9 Å². The highest BCUT2D eigenvalue weighted by molar-refractivity contribution is 7.99. The number of hydrogen-bond acceptors (Lipinski definition) is 4. The molecule has 4 nitrogen and oxygen atoms in total. The lowest BCUT2D eigenvalue weighted by molar-refractivity contribution is -0.131. The molecule has 34 heavy (non-hydrogen) atoms. The number of pyridine rings is 1. The van der Waals surface area contributed by atoms with E-state index in [1.807, 2.05) is 96.8 Å². The SMILES string of the molecule is CCN(Cc1ccncc1)C(=O)CCSc1cc(-c2ccccc2)c(O)c(-c2ccccc2)c1. The maximum atomic E-state index is 12.9. The number of benzene rings is 3. The minimum absolute atomic E-state index is 0.136. The normalized spacial score (nSPS) is 10.7. The predicted octanol–water partition coefficient (Wildman–Crippen LogP) is 6.65. The summed E-state index contributed by atoms with van der Waals surface area (Å²) in [7, 11) is 0. The highest BCUT2D eigenvalue weighted by Gasteiger charge is 2.15. The lowest BCUT2D eigenvalue weighted by Crippen LogP contribution is -2.30. The summed E-state index contributed by atoms with van der Waals surface area (Å²) in [5.41, 5.74) is 4.60. The van der Waals surface area contributed by atoms with Crippen LogP contribution in [0.3, 0.4) is 0 Å². The molecular formula is C29H28N2O2S. The van der Waals surface area contributed by atoms with Crippen LogP contribution in [0.25, 0.3) is 22.3 Å². The van der Waals surface area contributed by atoms with Crippen molar-refractivity contribution in [3.05, 3.63) is 103 Å². The third kappa shape index (κ3) is 5.86. The first kappa shape index (κ1) is 23.6. The van der Waals surface area contributed by atoms with Crippen molar-refractivity contribution in [2.24, 2.45) is 0 Å². The molecule has 0 aliphatic carbocycles. The molecule has 0 aliphatic rings. The molecule has 1 aromatic heterocycles. The number of rotatable bonds is 9. The van der Waals surface area contributed by atoms with E-state index < -0.39 is 0 Å². The molecule has 0 atom stereocenters. The Balaban J connectivity index is 1.51. The van der Waals surface area contributed by atoms with Gasteiger partial charge in [-0.2, -0.15) is 0 Å². The second-order valence-corrected chi connectivity index (χ2v) is 9.13. The predicted molar refractivity (Wildman–Crippen MR) is 140 cm³/mol. The van der Waals surface area contributed by atoms with Crippen molar-refractivity contribution in [2.45, 2.75) is 24.8 Å². The molecule has 0 saturated heterocycles. The molecule has 0 unspecified atom stereocenters. The van der Waals surface area contributed by atoms with E-state index in [0.717, 1.165) is 32.7 Å². The van der Waals surface area contributed by atoms with Crippen LogP contribution in [-0.2, 0) is 11.3 Å². The van der Waals surface area contributed by atoms with Gasteiger partial charge in [0.15, 0.2) is 0 Å². The van der Waals surface area contributed by atoms with E-state index >= 15 is 0 Å². The molecule has 0 bridgehead atoms. The zero-order valence-electron chi connectivity index (χ0n) is 19.2. The van der Waals surface area contributed by atoms with Crippen molar-refractivity contribution in [2.75, 3.05) is 12.3 Å². The van der Waals surface area contributed by atoms with Crippen LogP contribution in [0.1, 0.15) is 18.9 Å². The molecular weight excluding hydrogens is 440 g/mol. The van der Waals surface area contributed by atoms with Gasteiger partial charge in [-0.1, -0.05) is 60.7 Å². The number of hydrogen-bond donors (Lipinski definition) is 1. The Kier molecular flexibility index (Phi) is 7.99. The van der Waals surface area contributed by atoms with Gasteiger partial charge in [-0.15, -0.1) is 11.8 Å². The maximum absolute atomic E-state index is 12.9. The zero-order valence-corrected chi connectivity index (χ0v) is 20.0. The summed E-state index contributed by atoms with van der Waals surface area (Å²) in [6.07, 6.45) is 3.96. The van der Waals surface area contributed by atoms with Gasteiger partial charge < -0.3 is 10.0 Å². The standard InChI is InChI=1S/C29H28N2O2S/c1-2-31(21-22-13-16-30-17-14-22)28(32)15-18-34-25-19-26(23-9-5-3-6-10-23)29(33)27(20-25)24-11-7-4-8-12-24/h3-14,16-17,19-20,33H,2,15,18,21H2,1H3. The number of nitrogens with zero attached hydrogens (tertiary/aromatic N) is 2. The summed E-state index contributed by atoms with van der Waals surface area (Å²) < 4.78 is 0. The topological polar surface area (TPSA) is 53.4 Å². The summed E-state index contributed by atoms with van der Waals surface area (Å²) in [5.74, 6) is 1.07. The van der Waals surface area contributed by atoms with E-state index in [4.69, 9.17) is 0 Å². The Morgan fingerprint density at radius 2 is 1.44 bits per heavy atom. The molecule has 3 aromatic carbocycles. The summed E-state index contributed by atoms with van der Waals surface area (Å²) in [6, 6.07) is 27.7. The number of phenols is 1. The third-order valence-corrected chi connectivity index (χ3v) is 6.67. The molecule has 4 aromatic rings. The third-order valence-electron chi connectivity index (χ3n) is 5.69. The maximum Gasteiger partial charge on any atom is 0.223 e. The number of phenolic OH excluding ortho intramolecular Hbond substituents is 1. The monoisotopic (exact) mass is 468 g/mol. The first-order chi connectivity index (χ1) is 16.7. The van der Waals surface area contributed by atoms with Gasteiger partial charge >= 0.3 is 0 Å². The van der Waals surface area contributed by atoms with Crippen LogP contribution in [0.5, 0.6) is 5.75 Å². The van der Waals surface area contributed by atoms with Crippen molar-refractivity contribution in [1.29, 1.82) is 0 Å². The van der Waals surface area contributed by atoms with Crippen LogP contribution in [0, 0.1) is 0 Å². The quantitative estimate of drug-likeness (QED) is 0.279. The molecule has 0 spiro atoms. The highest BCUT2D eigenvalue weighted by atomic mass is 32.2. The van der Waals surface area contributed by atoms with Crippen LogP contribution >= 0.6 is 11.8 Å². The highest BCUT2D eigenvalue weighted by Crippen LogP contribution is 2.41. The molecule has 5 heteroatoms. The molecule has 0 fully saturated rings. The van der Waals surface area contributed by atoms with Crippen LogP contribution in [0.4, 0.5) is 0 Å². The minimum atomic E-state index is 0.136. The Hall–Kier alpha value is -3.57. The second-order valence-electron chi connectivity index (χ2n) is 7.96. The van der Waals surface area contributed by atoms with Gasteiger partial charge in [-0.25, -0.2) is 0 Å². The Morgan fingerprint density at radius 1 is 0.882 bits per heavy atom. The zero-order chi connectivity index (χ0) is 23.8. The molecule has 1 heterocycles. The van der Waals surface area contributed by atoms with Gasteiger partial charge in [-0.3, -0.25) is 9.78 Å². The van der Waals surface area contributed by atoms with Crippen molar-refractivity contribution < 1.29 is 9.90 Å². The van der Waals surface area contributed by atoms with Gasteiger partial charge in [0, 0.05) is 53.7 Å². The summed E-state index contributed by atoms with van der Waals surface area (Å²) >= 11 is 1.64. The fourth-order valence-corrected chi connectivity index (χ4v) is 4.78. The summed E-state index contributed by atoms with van der Waals surface area (Å²) in [4.78, 5) is 19.8. The van der Waals surface area contributed by atoms with Crippen molar-refractivity contribution in [3.63, 3.8) is 0 Å². The van der Waals surface area contributed by atoms with Crippen molar-refractivity contribution in [3.8, 4) is 28.0 Å². The number of amides is 1. The summed E-state index contributed by atoms with van der Waals surface area (Å²) in [5, 5.41) is 11.1. The molecule has 0 radical (unpaired) electrons. The van der Waals surface area contributed by atoms with E-state index in [1.54, 1.807) is 24.2 Å². The molecule has 1 amide bonds. The molecule has 0 saturated carbocycles. The van der Waals surface area contributed by atoms with E-state index in [2.05, 4.69) is 4.98 Å². The molecule has 172 valence electrons. The van der Waals surface area contributed by atoms with Gasteiger partial charge in [0.25, 0.3) is 0 Å². The number of carbonyl (C=O) groups is 1. The van der Waals surface area contributed by atoms with E-state index in [0.29, 0.717) is 25.3 Å². The number of thioether (sulfide) groups is 1. The van der Waals surface area contributed by atoms with Crippen LogP contribution in [0.15, 0.2) is 102 Å². The van der Waals surface area contributed by atoms with Crippen LogP contribution in [-0.4, -0.2) is 33.2 Å². The van der Waals surface area contributed by atoms with Crippen molar-refractivity contribution >= 4 is 17.7 Å². The summed E-state index contributed by atoms with van der Waals surface area (Å²) in [6.45, 7) is 3.27. The fourth-order valence-electron chi connectivity index (χ4n) is 3.87. The van der Waals surface area contributed by atoms with Gasteiger partial charge in [0.05, 0.1) is 0 Å². The Bertz CT molecular complexity index is 1150. The average molecular weight is 469 g/mol. The molecule has 0 aliphatic heterocycles. The first-order valence-corrected chi connectivity index (χ1v) is 12.4. The smallest absolute Gasteiger partial charge is 0.223 e. The average Bonchev–Trinajstić information content (AvgIpc) is 2.89. The number of aromatic nitrogens is 1. The minimum Gasteiger partial charge on any atom is -0.507 e. The number of carbonyl (C=O) groups excluding carboxylic acids is 1. The lowest BCUT2D eigenvalue weighted by Gasteiger charge is -2.21. The second kappa shape index (κ2) is 11.5. The lowest BCUT2D eigenvalue weighted by atomic mass is 9.97. The Morgan fingerprint density at radius 3 is 1.97 bits per heavy atom. The number of aromatic hydroxyl groups is 1. The molecule has 4 rings (SSSR count). The first-order valence-electron chi connectivity index (χ1n) is 11.4. The van der Waals surface area contributed by atoms with E-state index in [1.165, 1.54) is 0 Å². The Labute approximate surface area is 205 Å². The van der Waals surface area contributed by atoms with E-state index in [9.17, 15) is 9.90 Å². The van der Waals surface area contributed by atoms with Gasteiger partial charge in [0.2, 0.25) is 5.91 Å². The van der Waals surface area contributed by atoms with Crippen LogP contribution < -0.4 is 0 Å². The fraction of sp³-hybridized carbons (Fsp3) is 0.172. The van der Waals surface area contributed by atoms with Crippen molar-refractivity contribution in [1.82, 2.24) is 9.88 Å². The molecule has 1 N–H and O–H groups in total. The van der Waals surface area contributed by atoms with Crippen LogP contribution in [0.2, 0.25) is 0 Å². The largest absolute Gasteiger partial charge is 0.507 e. The van der Waals surface area contributed by atoms with E-state index in [-0.39, 0.29) is 11.7 Å².